The lowest BCUT2D eigenvalue weighted by Gasteiger charge is -2.16. The number of halogens is 2. The first-order valence-electron chi connectivity index (χ1n) is 6.11. The molecular formula is C15H13F2NO. The van der Waals surface area contributed by atoms with E-state index < -0.39 is 17.7 Å². The lowest BCUT2D eigenvalue weighted by Crippen LogP contribution is -2.13. The third kappa shape index (κ3) is 2.19. The van der Waals surface area contributed by atoms with Crippen molar-refractivity contribution in [3.63, 3.8) is 0 Å². The van der Waals surface area contributed by atoms with Gasteiger partial charge in [-0.15, -0.1) is 0 Å². The molecule has 0 saturated heterocycles. The molecule has 2 N–H and O–H groups in total. The van der Waals surface area contributed by atoms with E-state index in [4.69, 9.17) is 10.5 Å². The van der Waals surface area contributed by atoms with Crippen LogP contribution in [0, 0.1) is 11.6 Å². The number of hydrogen-bond donors (Lipinski definition) is 1. The Labute approximate surface area is 109 Å². The number of nitrogens with two attached hydrogens (primary N) is 1. The molecule has 0 saturated carbocycles. The van der Waals surface area contributed by atoms with E-state index in [1.165, 1.54) is 12.1 Å². The van der Waals surface area contributed by atoms with Gasteiger partial charge in [-0.2, -0.15) is 0 Å². The van der Waals surface area contributed by atoms with Gasteiger partial charge in [-0.3, -0.25) is 0 Å². The highest BCUT2D eigenvalue weighted by molar-refractivity contribution is 5.48. The highest BCUT2D eigenvalue weighted by atomic mass is 19.1. The van der Waals surface area contributed by atoms with Gasteiger partial charge in [0.2, 0.25) is 0 Å². The number of para-hydroxylation sites is 1. The number of fused-ring (bicyclic) bond motifs is 1. The third-order valence-corrected chi connectivity index (χ3v) is 3.32. The number of hydrogen-bond acceptors (Lipinski definition) is 2. The summed E-state index contributed by atoms with van der Waals surface area (Å²) in [6.45, 7) is 0.622. The molecule has 1 aliphatic heterocycles. The SMILES string of the molecule is NC(c1cc(F)cc(F)c1)c1cccc2c1OCC2. The van der Waals surface area contributed by atoms with Crippen LogP contribution >= 0.6 is 0 Å². The molecule has 2 nitrogen and oxygen atoms in total. The van der Waals surface area contributed by atoms with Crippen LogP contribution in [0.4, 0.5) is 8.78 Å². The Hall–Kier alpha value is -1.94. The Morgan fingerprint density at radius 3 is 2.58 bits per heavy atom. The fourth-order valence-corrected chi connectivity index (χ4v) is 2.42. The van der Waals surface area contributed by atoms with Crippen LogP contribution in [0.2, 0.25) is 0 Å². The van der Waals surface area contributed by atoms with Crippen LogP contribution in [0.1, 0.15) is 22.7 Å². The van der Waals surface area contributed by atoms with Crippen LogP contribution < -0.4 is 10.5 Å². The van der Waals surface area contributed by atoms with Crippen molar-refractivity contribution >= 4 is 0 Å². The molecular weight excluding hydrogens is 248 g/mol. The van der Waals surface area contributed by atoms with Crippen LogP contribution in [-0.2, 0) is 6.42 Å². The van der Waals surface area contributed by atoms with Gasteiger partial charge < -0.3 is 10.5 Å². The van der Waals surface area contributed by atoms with E-state index in [1.807, 2.05) is 18.2 Å². The molecule has 19 heavy (non-hydrogen) atoms. The monoisotopic (exact) mass is 261 g/mol. The van der Waals surface area contributed by atoms with Crippen molar-refractivity contribution in [1.82, 2.24) is 0 Å². The Bertz CT molecular complexity index is 607. The Morgan fingerprint density at radius 2 is 1.84 bits per heavy atom. The second-order valence-corrected chi connectivity index (χ2v) is 4.61. The predicted octanol–water partition coefficient (Wildman–Crippen LogP) is 2.95. The summed E-state index contributed by atoms with van der Waals surface area (Å²) < 4.78 is 32.1. The number of rotatable bonds is 2. The van der Waals surface area contributed by atoms with Gasteiger partial charge in [0.1, 0.15) is 17.4 Å². The van der Waals surface area contributed by atoms with Gasteiger partial charge in [0.25, 0.3) is 0 Å². The van der Waals surface area contributed by atoms with Crippen LogP contribution in [0.5, 0.6) is 5.75 Å². The van der Waals surface area contributed by atoms with Crippen LogP contribution in [0.15, 0.2) is 36.4 Å². The second kappa shape index (κ2) is 4.63. The van der Waals surface area contributed by atoms with Gasteiger partial charge >= 0.3 is 0 Å². The van der Waals surface area contributed by atoms with Crippen molar-refractivity contribution in [3.8, 4) is 5.75 Å². The molecule has 3 rings (SSSR count). The largest absolute Gasteiger partial charge is 0.493 e. The summed E-state index contributed by atoms with van der Waals surface area (Å²) in [4.78, 5) is 0. The molecule has 0 fully saturated rings. The van der Waals surface area contributed by atoms with Crippen molar-refractivity contribution in [3.05, 3.63) is 64.7 Å². The molecule has 0 aromatic heterocycles. The van der Waals surface area contributed by atoms with E-state index in [0.717, 1.165) is 29.4 Å². The van der Waals surface area contributed by atoms with Crippen molar-refractivity contribution in [1.29, 1.82) is 0 Å². The standard InChI is InChI=1S/C15H13F2NO/c16-11-6-10(7-12(17)8-11)14(18)13-3-1-2-9-4-5-19-15(9)13/h1-3,6-8,14H,4-5,18H2. The molecule has 2 aromatic rings. The van der Waals surface area contributed by atoms with E-state index in [9.17, 15) is 8.78 Å². The lowest BCUT2D eigenvalue weighted by molar-refractivity contribution is 0.352. The summed E-state index contributed by atoms with van der Waals surface area (Å²) >= 11 is 0. The normalized spacial score (nSPS) is 14.9. The van der Waals surface area contributed by atoms with E-state index >= 15 is 0 Å². The molecule has 2 aromatic carbocycles. The van der Waals surface area contributed by atoms with Crippen LogP contribution in [0.25, 0.3) is 0 Å². The maximum absolute atomic E-state index is 13.3. The minimum atomic E-state index is -0.626. The van der Waals surface area contributed by atoms with E-state index in [0.29, 0.717) is 12.2 Å². The Morgan fingerprint density at radius 1 is 1.11 bits per heavy atom. The predicted molar refractivity (Wildman–Crippen MR) is 68.0 cm³/mol. The fraction of sp³-hybridized carbons (Fsp3) is 0.200. The highest BCUT2D eigenvalue weighted by Gasteiger charge is 2.21. The topological polar surface area (TPSA) is 35.2 Å². The zero-order valence-electron chi connectivity index (χ0n) is 10.2. The van der Waals surface area contributed by atoms with Crippen molar-refractivity contribution < 1.29 is 13.5 Å². The first-order chi connectivity index (χ1) is 9.15. The maximum Gasteiger partial charge on any atom is 0.127 e. The summed E-state index contributed by atoms with van der Waals surface area (Å²) in [6.07, 6.45) is 0.841. The molecule has 1 atom stereocenters. The molecule has 4 heteroatoms. The molecule has 0 amide bonds. The minimum absolute atomic E-state index is 0.404. The molecule has 1 aliphatic rings. The number of benzene rings is 2. The molecule has 0 aliphatic carbocycles. The maximum atomic E-state index is 13.3. The summed E-state index contributed by atoms with van der Waals surface area (Å²) in [6, 6.07) is 8.44. The van der Waals surface area contributed by atoms with Gasteiger partial charge in [0, 0.05) is 18.1 Å². The van der Waals surface area contributed by atoms with Gasteiger partial charge in [-0.25, -0.2) is 8.78 Å². The van der Waals surface area contributed by atoms with Crippen LogP contribution in [0.3, 0.4) is 0 Å². The molecule has 98 valence electrons. The van der Waals surface area contributed by atoms with Crippen molar-refractivity contribution in [2.45, 2.75) is 12.5 Å². The Balaban J connectivity index is 2.04. The second-order valence-electron chi connectivity index (χ2n) is 4.61. The van der Waals surface area contributed by atoms with E-state index in [2.05, 4.69) is 0 Å². The van der Waals surface area contributed by atoms with Gasteiger partial charge in [-0.05, 0) is 23.3 Å². The third-order valence-electron chi connectivity index (χ3n) is 3.32. The lowest BCUT2D eigenvalue weighted by atomic mass is 9.96. The average Bonchev–Trinajstić information content (AvgIpc) is 2.84. The highest BCUT2D eigenvalue weighted by Crippen LogP contribution is 2.35. The summed E-state index contributed by atoms with van der Waals surface area (Å²) in [5, 5.41) is 0. The minimum Gasteiger partial charge on any atom is -0.493 e. The quantitative estimate of drug-likeness (QED) is 0.902. The number of ether oxygens (including phenoxy) is 1. The van der Waals surface area contributed by atoms with Crippen LogP contribution in [-0.4, -0.2) is 6.61 Å². The van der Waals surface area contributed by atoms with E-state index in [-0.39, 0.29) is 0 Å². The van der Waals surface area contributed by atoms with Gasteiger partial charge in [-0.1, -0.05) is 18.2 Å². The zero-order valence-corrected chi connectivity index (χ0v) is 10.2. The summed E-state index contributed by atoms with van der Waals surface area (Å²) in [5.41, 5.74) is 8.37. The van der Waals surface area contributed by atoms with Gasteiger partial charge in [0.15, 0.2) is 0 Å². The molecule has 1 unspecified atom stereocenters. The molecule has 0 spiro atoms. The fourth-order valence-electron chi connectivity index (χ4n) is 2.42. The summed E-state index contributed by atoms with van der Waals surface area (Å²) in [5.74, 6) is -0.502. The summed E-state index contributed by atoms with van der Waals surface area (Å²) in [7, 11) is 0. The molecule has 0 bridgehead atoms. The van der Waals surface area contributed by atoms with Crippen molar-refractivity contribution in [2.24, 2.45) is 5.73 Å². The van der Waals surface area contributed by atoms with Gasteiger partial charge in [0.05, 0.1) is 12.6 Å². The first kappa shape index (κ1) is 12.1. The zero-order chi connectivity index (χ0) is 13.4. The molecule has 1 heterocycles. The average molecular weight is 261 g/mol. The van der Waals surface area contributed by atoms with E-state index in [1.54, 1.807) is 0 Å². The first-order valence-corrected chi connectivity index (χ1v) is 6.11. The Kier molecular flexibility index (Phi) is 2.95. The molecule has 0 radical (unpaired) electrons. The smallest absolute Gasteiger partial charge is 0.127 e. The van der Waals surface area contributed by atoms with Crippen molar-refractivity contribution in [2.75, 3.05) is 6.61 Å².